The highest BCUT2D eigenvalue weighted by Crippen LogP contribution is 2.35. The van der Waals surface area contributed by atoms with Gasteiger partial charge in [0.1, 0.15) is 12.8 Å². The summed E-state index contributed by atoms with van der Waals surface area (Å²) in [7, 11) is -4.51. The van der Waals surface area contributed by atoms with E-state index in [-0.39, 0.29) is 6.61 Å². The minimum absolute atomic E-state index is 0.0284. The Morgan fingerprint density at radius 2 is 2.00 bits per heavy atom. The van der Waals surface area contributed by atoms with Crippen LogP contribution in [-0.2, 0) is 20.5 Å². The van der Waals surface area contributed by atoms with Gasteiger partial charge in [0.25, 0.3) is 0 Å². The fraction of sp³-hybridized carbons (Fsp3) is 0.333. The third-order valence-corrected chi connectivity index (χ3v) is 3.57. The molecular weight excluding hydrogens is 285 g/mol. The van der Waals surface area contributed by atoms with Crippen LogP contribution in [0.5, 0.6) is 0 Å². The van der Waals surface area contributed by atoms with Gasteiger partial charge in [0.05, 0.1) is 6.04 Å². The Morgan fingerprint density at radius 3 is 2.60 bits per heavy atom. The van der Waals surface area contributed by atoms with Gasteiger partial charge in [0, 0.05) is 0 Å². The molecule has 0 aromatic heterocycles. The lowest BCUT2D eigenvalue weighted by atomic mass is 10.1. The summed E-state index contributed by atoms with van der Waals surface area (Å²) in [5.74, 6) is -0.915. The average Bonchev–Trinajstić information content (AvgIpc) is 2.69. The SMILES string of the molecule is O=C(CP(=O)(O)O)N1C(=O)OCC1Cc1ccccc1. The number of imide groups is 1. The fourth-order valence-corrected chi connectivity index (χ4v) is 2.56. The molecule has 1 aliphatic rings. The smallest absolute Gasteiger partial charge is 0.417 e. The maximum Gasteiger partial charge on any atom is 0.417 e. The van der Waals surface area contributed by atoms with Crippen LogP contribution in [0.2, 0.25) is 0 Å². The van der Waals surface area contributed by atoms with Gasteiger partial charge < -0.3 is 14.5 Å². The normalized spacial score (nSPS) is 19.0. The van der Waals surface area contributed by atoms with Crippen molar-refractivity contribution in [3.8, 4) is 0 Å². The summed E-state index contributed by atoms with van der Waals surface area (Å²) in [4.78, 5) is 41.8. The van der Waals surface area contributed by atoms with Gasteiger partial charge in [-0.2, -0.15) is 0 Å². The molecule has 1 fully saturated rings. The van der Waals surface area contributed by atoms with E-state index in [4.69, 9.17) is 14.5 Å². The van der Waals surface area contributed by atoms with Crippen LogP contribution in [-0.4, -0.2) is 45.5 Å². The predicted molar refractivity (Wildman–Crippen MR) is 69.0 cm³/mol. The lowest BCUT2D eigenvalue weighted by molar-refractivity contribution is -0.126. The molecule has 2 rings (SSSR count). The topological polar surface area (TPSA) is 104 Å². The van der Waals surface area contributed by atoms with Gasteiger partial charge >= 0.3 is 13.7 Å². The molecular formula is C12H14NO6P. The van der Waals surface area contributed by atoms with Crippen LogP contribution >= 0.6 is 7.60 Å². The number of ether oxygens (including phenoxy) is 1. The van der Waals surface area contributed by atoms with Crippen LogP contribution in [0.4, 0.5) is 4.79 Å². The number of nitrogens with zero attached hydrogens (tertiary/aromatic N) is 1. The van der Waals surface area contributed by atoms with Crippen molar-refractivity contribution in [1.82, 2.24) is 4.90 Å². The van der Waals surface area contributed by atoms with Crippen molar-refractivity contribution < 1.29 is 28.7 Å². The van der Waals surface area contributed by atoms with Crippen molar-refractivity contribution in [3.63, 3.8) is 0 Å². The van der Waals surface area contributed by atoms with E-state index in [9.17, 15) is 14.2 Å². The van der Waals surface area contributed by atoms with Crippen LogP contribution in [0.15, 0.2) is 30.3 Å². The van der Waals surface area contributed by atoms with Gasteiger partial charge in [-0.15, -0.1) is 0 Å². The Balaban J connectivity index is 2.11. The maximum absolute atomic E-state index is 11.8. The molecule has 1 atom stereocenters. The van der Waals surface area contributed by atoms with E-state index in [2.05, 4.69) is 0 Å². The van der Waals surface area contributed by atoms with Crippen LogP contribution in [0.3, 0.4) is 0 Å². The fourth-order valence-electron chi connectivity index (χ4n) is 2.05. The molecule has 0 bridgehead atoms. The number of hydrogen-bond acceptors (Lipinski definition) is 4. The Labute approximate surface area is 115 Å². The second-order valence-corrected chi connectivity index (χ2v) is 6.15. The van der Waals surface area contributed by atoms with E-state index in [0.717, 1.165) is 10.5 Å². The number of amides is 2. The van der Waals surface area contributed by atoms with Gasteiger partial charge in [0.2, 0.25) is 5.91 Å². The number of rotatable bonds is 4. The number of carbonyl (C=O) groups excluding carboxylic acids is 2. The number of hydrogen-bond donors (Lipinski definition) is 2. The summed E-state index contributed by atoms with van der Waals surface area (Å²) < 4.78 is 15.7. The Kier molecular flexibility index (Phi) is 4.23. The second-order valence-electron chi connectivity index (χ2n) is 4.51. The molecule has 2 amide bonds. The van der Waals surface area contributed by atoms with Gasteiger partial charge in [-0.3, -0.25) is 9.36 Å². The lowest BCUT2D eigenvalue weighted by Gasteiger charge is -2.19. The second kappa shape index (κ2) is 5.75. The molecule has 1 unspecified atom stereocenters. The summed E-state index contributed by atoms with van der Waals surface area (Å²) in [6.07, 6.45) is -1.46. The van der Waals surface area contributed by atoms with E-state index in [1.54, 1.807) is 0 Å². The minimum Gasteiger partial charge on any atom is -0.447 e. The van der Waals surface area contributed by atoms with Gasteiger partial charge in [-0.05, 0) is 12.0 Å². The van der Waals surface area contributed by atoms with Crippen LogP contribution in [0, 0.1) is 0 Å². The zero-order valence-corrected chi connectivity index (χ0v) is 11.4. The molecule has 1 aromatic rings. The zero-order valence-electron chi connectivity index (χ0n) is 10.5. The quantitative estimate of drug-likeness (QED) is 0.795. The molecule has 0 spiro atoms. The first-order valence-corrected chi connectivity index (χ1v) is 7.74. The molecule has 20 heavy (non-hydrogen) atoms. The first-order valence-electron chi connectivity index (χ1n) is 5.94. The summed E-state index contributed by atoms with van der Waals surface area (Å²) in [6.45, 7) is 0.0284. The first kappa shape index (κ1) is 14.7. The molecule has 1 saturated heterocycles. The molecule has 2 N–H and O–H groups in total. The zero-order chi connectivity index (χ0) is 14.8. The molecule has 0 radical (unpaired) electrons. The maximum atomic E-state index is 11.8. The van der Waals surface area contributed by atoms with Crippen molar-refractivity contribution in [2.24, 2.45) is 0 Å². The first-order chi connectivity index (χ1) is 9.37. The van der Waals surface area contributed by atoms with Gasteiger partial charge in [-0.1, -0.05) is 30.3 Å². The van der Waals surface area contributed by atoms with Crippen LogP contribution in [0.25, 0.3) is 0 Å². The minimum atomic E-state index is -4.51. The van der Waals surface area contributed by atoms with E-state index in [1.807, 2.05) is 30.3 Å². The molecule has 0 aliphatic carbocycles. The highest BCUT2D eigenvalue weighted by molar-refractivity contribution is 7.52. The highest BCUT2D eigenvalue weighted by Gasteiger charge is 2.39. The van der Waals surface area contributed by atoms with Gasteiger partial charge in [0.15, 0.2) is 0 Å². The van der Waals surface area contributed by atoms with E-state index in [0.29, 0.717) is 6.42 Å². The number of carbonyl (C=O) groups is 2. The van der Waals surface area contributed by atoms with Crippen molar-refractivity contribution >= 4 is 19.6 Å². The molecule has 1 aromatic carbocycles. The standard InChI is InChI=1S/C12H14NO6P/c14-11(8-20(16,17)18)13-10(7-19-12(13)15)6-9-4-2-1-3-5-9/h1-5,10H,6-8H2,(H2,16,17,18). The van der Waals surface area contributed by atoms with Crippen LogP contribution < -0.4 is 0 Å². The highest BCUT2D eigenvalue weighted by atomic mass is 31.2. The Bertz CT molecular complexity index is 554. The van der Waals surface area contributed by atoms with E-state index < -0.39 is 31.8 Å². The third-order valence-electron chi connectivity index (χ3n) is 2.89. The van der Waals surface area contributed by atoms with Crippen molar-refractivity contribution in [3.05, 3.63) is 35.9 Å². The van der Waals surface area contributed by atoms with Gasteiger partial charge in [-0.25, -0.2) is 9.69 Å². The number of benzene rings is 1. The largest absolute Gasteiger partial charge is 0.447 e. The van der Waals surface area contributed by atoms with Crippen LogP contribution in [0.1, 0.15) is 5.56 Å². The molecule has 0 saturated carbocycles. The molecule has 1 aliphatic heterocycles. The molecule has 8 heteroatoms. The lowest BCUT2D eigenvalue weighted by Crippen LogP contribution is -2.41. The number of cyclic esters (lactones) is 1. The summed E-state index contributed by atoms with van der Waals surface area (Å²) in [6, 6.07) is 8.65. The van der Waals surface area contributed by atoms with Crippen molar-refractivity contribution in [1.29, 1.82) is 0 Å². The molecule has 108 valence electrons. The monoisotopic (exact) mass is 299 g/mol. The summed E-state index contributed by atoms with van der Waals surface area (Å²) >= 11 is 0. The van der Waals surface area contributed by atoms with Crippen molar-refractivity contribution in [2.45, 2.75) is 12.5 Å². The predicted octanol–water partition coefficient (Wildman–Crippen LogP) is 0.754. The summed E-state index contributed by atoms with van der Waals surface area (Å²) in [5, 5.41) is 0. The van der Waals surface area contributed by atoms with E-state index >= 15 is 0 Å². The van der Waals surface area contributed by atoms with E-state index in [1.165, 1.54) is 0 Å². The molecule has 7 nitrogen and oxygen atoms in total. The third kappa shape index (κ3) is 3.66. The summed E-state index contributed by atoms with van der Waals surface area (Å²) in [5.41, 5.74) is 0.907. The Hall–Kier alpha value is -1.69. The van der Waals surface area contributed by atoms with Crippen molar-refractivity contribution in [2.75, 3.05) is 12.8 Å². The molecule has 1 heterocycles. The Morgan fingerprint density at radius 1 is 1.35 bits per heavy atom. The average molecular weight is 299 g/mol.